The summed E-state index contributed by atoms with van der Waals surface area (Å²) in [5, 5.41) is 5.46. The molecule has 0 saturated heterocycles. The van der Waals surface area contributed by atoms with Gasteiger partial charge in [0, 0.05) is 45.9 Å². The third kappa shape index (κ3) is 20.2. The average Bonchev–Trinajstić information content (AvgIpc) is 2.73. The molecule has 3 amide bonds. The molecule has 0 atom stereocenters. The van der Waals surface area contributed by atoms with Crippen LogP contribution in [0.1, 0.15) is 59.8 Å². The highest BCUT2D eigenvalue weighted by atomic mass is 16.5. The summed E-state index contributed by atoms with van der Waals surface area (Å²) >= 11 is 0. The van der Waals surface area contributed by atoms with Crippen LogP contribution in [0.15, 0.2) is 0 Å². The Kier molecular flexibility index (Phi) is 20.0. The number of carbonyl (C=O) groups excluding carboxylic acids is 3. The smallest absolute Gasteiger partial charge is 0.222 e. The van der Waals surface area contributed by atoms with E-state index in [1.165, 1.54) is 6.92 Å². The van der Waals surface area contributed by atoms with Gasteiger partial charge in [-0.3, -0.25) is 14.4 Å². The maximum atomic E-state index is 12.4. The lowest BCUT2D eigenvalue weighted by molar-refractivity contribution is -0.131. The van der Waals surface area contributed by atoms with E-state index in [9.17, 15) is 14.4 Å². The van der Waals surface area contributed by atoms with Crippen molar-refractivity contribution in [2.24, 2.45) is 5.92 Å². The fourth-order valence-electron chi connectivity index (χ4n) is 2.80. The molecule has 0 aliphatic carbocycles. The third-order valence-electron chi connectivity index (χ3n) is 4.55. The molecule has 0 aromatic heterocycles. The van der Waals surface area contributed by atoms with Crippen LogP contribution >= 0.6 is 0 Å². The van der Waals surface area contributed by atoms with E-state index in [0.717, 1.165) is 25.9 Å². The second-order valence-corrected chi connectivity index (χ2v) is 8.09. The predicted molar refractivity (Wildman–Crippen MR) is 124 cm³/mol. The second-order valence-electron chi connectivity index (χ2n) is 8.09. The van der Waals surface area contributed by atoms with Crippen molar-refractivity contribution in [1.82, 2.24) is 15.5 Å². The van der Waals surface area contributed by atoms with E-state index in [2.05, 4.69) is 31.4 Å². The van der Waals surface area contributed by atoms with Gasteiger partial charge in [0.1, 0.15) is 0 Å². The van der Waals surface area contributed by atoms with Crippen molar-refractivity contribution in [2.45, 2.75) is 59.8 Å². The van der Waals surface area contributed by atoms with Crippen molar-refractivity contribution in [3.63, 3.8) is 0 Å². The Morgan fingerprint density at radius 1 is 0.812 bits per heavy atom. The van der Waals surface area contributed by atoms with E-state index >= 15 is 0 Å². The first-order chi connectivity index (χ1) is 15.4. The highest BCUT2D eigenvalue weighted by molar-refractivity contribution is 5.79. The minimum Gasteiger partial charge on any atom is -0.377 e. The SMILES string of the molecule is CCCN(CCC(C)C)C(=O)CCCC(=O)NCCOCCOCCOCCNC(C)=O. The van der Waals surface area contributed by atoms with Gasteiger partial charge < -0.3 is 29.7 Å². The summed E-state index contributed by atoms with van der Waals surface area (Å²) in [6.07, 6.45) is 3.28. The molecule has 0 aliphatic rings. The topological polar surface area (TPSA) is 106 Å². The molecule has 0 saturated carbocycles. The molecule has 188 valence electrons. The molecule has 0 rings (SSSR count). The van der Waals surface area contributed by atoms with E-state index in [1.54, 1.807) is 0 Å². The number of nitrogens with zero attached hydrogens (tertiary/aromatic N) is 1. The van der Waals surface area contributed by atoms with Crippen molar-refractivity contribution in [3.05, 3.63) is 0 Å². The zero-order valence-electron chi connectivity index (χ0n) is 20.6. The van der Waals surface area contributed by atoms with Crippen molar-refractivity contribution < 1.29 is 28.6 Å². The molecule has 0 unspecified atom stereocenters. The minimum atomic E-state index is -0.0699. The summed E-state index contributed by atoms with van der Waals surface area (Å²) in [6.45, 7) is 13.1. The van der Waals surface area contributed by atoms with Gasteiger partial charge in [-0.15, -0.1) is 0 Å². The molecule has 0 radical (unpaired) electrons. The van der Waals surface area contributed by atoms with Crippen LogP contribution in [0.5, 0.6) is 0 Å². The van der Waals surface area contributed by atoms with Gasteiger partial charge in [-0.25, -0.2) is 0 Å². The summed E-state index contributed by atoms with van der Waals surface area (Å²) in [4.78, 5) is 36.9. The zero-order valence-corrected chi connectivity index (χ0v) is 20.6. The fraction of sp³-hybridized carbons (Fsp3) is 0.870. The number of carbonyl (C=O) groups is 3. The first kappa shape index (κ1) is 30.3. The van der Waals surface area contributed by atoms with Crippen LogP contribution in [0, 0.1) is 5.92 Å². The lowest BCUT2D eigenvalue weighted by atomic mass is 10.1. The second kappa shape index (κ2) is 21.2. The summed E-state index contributed by atoms with van der Waals surface area (Å²) in [6, 6.07) is 0. The van der Waals surface area contributed by atoms with Gasteiger partial charge in [0.2, 0.25) is 17.7 Å². The number of amides is 3. The molecule has 0 aliphatic heterocycles. The van der Waals surface area contributed by atoms with E-state index < -0.39 is 0 Å². The summed E-state index contributed by atoms with van der Waals surface area (Å²) in [5.41, 5.74) is 0. The number of rotatable bonds is 21. The molecule has 9 nitrogen and oxygen atoms in total. The highest BCUT2D eigenvalue weighted by Gasteiger charge is 2.13. The number of nitrogens with one attached hydrogen (secondary N) is 2. The van der Waals surface area contributed by atoms with E-state index in [0.29, 0.717) is 77.9 Å². The lowest BCUT2D eigenvalue weighted by Gasteiger charge is -2.23. The first-order valence-electron chi connectivity index (χ1n) is 11.9. The predicted octanol–water partition coefficient (Wildman–Crippen LogP) is 1.74. The highest BCUT2D eigenvalue weighted by Crippen LogP contribution is 2.07. The molecule has 9 heteroatoms. The number of hydrogen-bond donors (Lipinski definition) is 2. The molecule has 2 N–H and O–H groups in total. The molecule has 0 aromatic carbocycles. The van der Waals surface area contributed by atoms with Crippen LogP contribution in [-0.2, 0) is 28.6 Å². The fourth-order valence-corrected chi connectivity index (χ4v) is 2.80. The Hall–Kier alpha value is -1.71. The zero-order chi connectivity index (χ0) is 24.0. The quantitative estimate of drug-likeness (QED) is 0.253. The van der Waals surface area contributed by atoms with Crippen LogP contribution in [0.3, 0.4) is 0 Å². The van der Waals surface area contributed by atoms with Gasteiger partial charge in [-0.2, -0.15) is 0 Å². The van der Waals surface area contributed by atoms with E-state index in [1.807, 2.05) is 4.90 Å². The molecular weight excluding hydrogens is 414 g/mol. The molecule has 0 spiro atoms. The third-order valence-corrected chi connectivity index (χ3v) is 4.55. The maximum absolute atomic E-state index is 12.4. The number of ether oxygens (including phenoxy) is 3. The Morgan fingerprint density at radius 3 is 1.91 bits per heavy atom. The largest absolute Gasteiger partial charge is 0.377 e. The van der Waals surface area contributed by atoms with E-state index in [-0.39, 0.29) is 17.7 Å². The lowest BCUT2D eigenvalue weighted by Crippen LogP contribution is -2.33. The van der Waals surface area contributed by atoms with Crippen LogP contribution in [0.25, 0.3) is 0 Å². The maximum Gasteiger partial charge on any atom is 0.222 e. The van der Waals surface area contributed by atoms with Gasteiger partial charge >= 0.3 is 0 Å². The summed E-state index contributed by atoms with van der Waals surface area (Å²) < 4.78 is 16.1. The van der Waals surface area contributed by atoms with Crippen molar-refractivity contribution >= 4 is 17.7 Å². The standard InChI is InChI=1S/C23H45N3O6/c1-5-12-26(13-9-20(2)3)23(29)8-6-7-22(28)25-11-15-31-17-19-32-18-16-30-14-10-24-21(4)27/h20H,5-19H2,1-4H3,(H,24,27)(H,25,28). The van der Waals surface area contributed by atoms with Crippen LogP contribution in [0.4, 0.5) is 0 Å². The van der Waals surface area contributed by atoms with Crippen molar-refractivity contribution in [1.29, 1.82) is 0 Å². The van der Waals surface area contributed by atoms with Crippen molar-refractivity contribution in [2.75, 3.05) is 65.8 Å². The van der Waals surface area contributed by atoms with Crippen LogP contribution < -0.4 is 10.6 Å². The molecule has 32 heavy (non-hydrogen) atoms. The Morgan fingerprint density at radius 2 is 1.38 bits per heavy atom. The first-order valence-corrected chi connectivity index (χ1v) is 11.9. The van der Waals surface area contributed by atoms with Crippen LogP contribution in [-0.4, -0.2) is 88.4 Å². The normalized spacial score (nSPS) is 10.9. The van der Waals surface area contributed by atoms with Gasteiger partial charge in [0.05, 0.1) is 39.6 Å². The summed E-state index contributed by atoms with van der Waals surface area (Å²) in [7, 11) is 0. The minimum absolute atomic E-state index is 0.0571. The Bertz CT molecular complexity index is 502. The summed E-state index contributed by atoms with van der Waals surface area (Å²) in [5.74, 6) is 0.586. The van der Waals surface area contributed by atoms with Gasteiger partial charge in [-0.1, -0.05) is 20.8 Å². The Labute approximate surface area is 193 Å². The molecule has 0 heterocycles. The van der Waals surface area contributed by atoms with Crippen LogP contribution in [0.2, 0.25) is 0 Å². The monoisotopic (exact) mass is 459 g/mol. The number of hydrogen-bond acceptors (Lipinski definition) is 6. The van der Waals surface area contributed by atoms with E-state index in [4.69, 9.17) is 14.2 Å². The molecule has 0 fully saturated rings. The molecule has 0 bridgehead atoms. The van der Waals surface area contributed by atoms with Gasteiger partial charge in [-0.05, 0) is 25.2 Å². The Balaban J connectivity index is 3.56. The van der Waals surface area contributed by atoms with Gasteiger partial charge in [0.25, 0.3) is 0 Å². The van der Waals surface area contributed by atoms with Crippen molar-refractivity contribution in [3.8, 4) is 0 Å². The average molecular weight is 460 g/mol. The molecular formula is C23H45N3O6. The molecule has 0 aromatic rings. The van der Waals surface area contributed by atoms with Gasteiger partial charge in [0.15, 0.2) is 0 Å².